The Balaban J connectivity index is 1.52. The second-order valence-electron chi connectivity index (χ2n) is 7.64. The Morgan fingerprint density at radius 2 is 1.81 bits per heavy atom. The molecule has 3 aromatic rings. The molecule has 158 valence electrons. The van der Waals surface area contributed by atoms with Crippen molar-refractivity contribution in [1.82, 2.24) is 5.43 Å². The lowest BCUT2D eigenvalue weighted by Gasteiger charge is -2.28. The molecular weight excluding hydrogens is 388 g/mol. The SMILES string of the molecule is COc1ccc(C2CC(=NNC(=O)Nc3ccc(C)c(C)c3)c3ccccc3N2)cc1. The van der Waals surface area contributed by atoms with Crippen molar-refractivity contribution in [3.05, 3.63) is 89.0 Å². The molecule has 0 saturated carbocycles. The van der Waals surface area contributed by atoms with E-state index in [1.54, 1.807) is 7.11 Å². The molecule has 4 rings (SSSR count). The number of rotatable bonds is 4. The summed E-state index contributed by atoms with van der Waals surface area (Å²) < 4.78 is 5.26. The van der Waals surface area contributed by atoms with Gasteiger partial charge in [-0.25, -0.2) is 10.2 Å². The van der Waals surface area contributed by atoms with Crippen LogP contribution in [-0.2, 0) is 0 Å². The van der Waals surface area contributed by atoms with Crippen LogP contribution in [0.1, 0.15) is 34.7 Å². The number of anilines is 2. The second-order valence-corrected chi connectivity index (χ2v) is 7.64. The lowest BCUT2D eigenvalue weighted by Crippen LogP contribution is -2.29. The van der Waals surface area contributed by atoms with Gasteiger partial charge in [-0.05, 0) is 60.9 Å². The van der Waals surface area contributed by atoms with Crippen LogP contribution < -0.4 is 20.8 Å². The molecule has 1 atom stereocenters. The minimum Gasteiger partial charge on any atom is -0.497 e. The monoisotopic (exact) mass is 414 g/mol. The van der Waals surface area contributed by atoms with Gasteiger partial charge in [0.1, 0.15) is 5.75 Å². The number of fused-ring (bicyclic) bond motifs is 1. The first-order valence-electron chi connectivity index (χ1n) is 10.2. The van der Waals surface area contributed by atoms with Crippen LogP contribution in [0.25, 0.3) is 0 Å². The van der Waals surface area contributed by atoms with Gasteiger partial charge >= 0.3 is 6.03 Å². The lowest BCUT2D eigenvalue weighted by atomic mass is 9.92. The Labute approximate surface area is 182 Å². The maximum Gasteiger partial charge on any atom is 0.339 e. The van der Waals surface area contributed by atoms with E-state index in [0.717, 1.165) is 39.5 Å². The molecule has 0 spiro atoms. The summed E-state index contributed by atoms with van der Waals surface area (Å²) in [5.41, 5.74) is 9.63. The van der Waals surface area contributed by atoms with Crippen LogP contribution >= 0.6 is 0 Å². The maximum absolute atomic E-state index is 12.4. The summed E-state index contributed by atoms with van der Waals surface area (Å²) in [6, 6.07) is 21.5. The molecule has 1 unspecified atom stereocenters. The second kappa shape index (κ2) is 8.92. The number of hydrogen-bond donors (Lipinski definition) is 3. The standard InChI is InChI=1S/C25H26N4O2/c1-16-8-11-19(14-17(16)2)26-25(30)29-28-24-15-23(18-9-12-20(31-3)13-10-18)27-22-7-5-4-6-21(22)24/h4-14,23,27H,15H2,1-3H3,(H2,26,29,30). The van der Waals surface area contributed by atoms with Crippen LogP contribution in [-0.4, -0.2) is 18.9 Å². The van der Waals surface area contributed by atoms with Crippen LogP contribution in [0, 0.1) is 13.8 Å². The third kappa shape index (κ3) is 4.69. The summed E-state index contributed by atoms with van der Waals surface area (Å²) in [6.07, 6.45) is 0.646. The number of carbonyl (C=O) groups is 1. The lowest BCUT2D eigenvalue weighted by molar-refractivity contribution is 0.252. The molecule has 6 nitrogen and oxygen atoms in total. The van der Waals surface area contributed by atoms with Crippen molar-refractivity contribution >= 4 is 23.1 Å². The van der Waals surface area contributed by atoms with Crippen molar-refractivity contribution in [3.63, 3.8) is 0 Å². The summed E-state index contributed by atoms with van der Waals surface area (Å²) in [7, 11) is 1.66. The topological polar surface area (TPSA) is 74.8 Å². The van der Waals surface area contributed by atoms with Gasteiger partial charge in [0.2, 0.25) is 0 Å². The average Bonchev–Trinajstić information content (AvgIpc) is 2.80. The Hall–Kier alpha value is -3.80. The van der Waals surface area contributed by atoms with Gasteiger partial charge in [0.25, 0.3) is 0 Å². The first-order valence-corrected chi connectivity index (χ1v) is 10.2. The number of benzene rings is 3. The van der Waals surface area contributed by atoms with Gasteiger partial charge in [0.15, 0.2) is 0 Å². The number of ether oxygens (including phenoxy) is 1. The smallest absolute Gasteiger partial charge is 0.339 e. The summed E-state index contributed by atoms with van der Waals surface area (Å²) in [6.45, 7) is 4.06. The number of methoxy groups -OCH3 is 1. The highest BCUT2D eigenvalue weighted by molar-refractivity contribution is 6.07. The number of aryl methyl sites for hydroxylation is 2. The van der Waals surface area contributed by atoms with Gasteiger partial charge in [-0.3, -0.25) is 0 Å². The predicted molar refractivity (Wildman–Crippen MR) is 125 cm³/mol. The van der Waals surface area contributed by atoms with Crippen LogP contribution in [0.4, 0.5) is 16.2 Å². The third-order valence-electron chi connectivity index (χ3n) is 5.54. The maximum atomic E-state index is 12.4. The molecule has 6 heteroatoms. The molecule has 0 fully saturated rings. The molecular formula is C25H26N4O2. The molecule has 1 aliphatic heterocycles. The fourth-order valence-corrected chi connectivity index (χ4v) is 3.64. The Bertz CT molecular complexity index is 1120. The number of urea groups is 1. The van der Waals surface area contributed by atoms with E-state index in [1.807, 2.05) is 80.6 Å². The minimum atomic E-state index is -0.368. The molecule has 0 radical (unpaired) electrons. The molecule has 0 aliphatic carbocycles. The van der Waals surface area contributed by atoms with E-state index in [-0.39, 0.29) is 12.1 Å². The highest BCUT2D eigenvalue weighted by Gasteiger charge is 2.24. The van der Waals surface area contributed by atoms with Crippen molar-refractivity contribution < 1.29 is 9.53 Å². The summed E-state index contributed by atoms with van der Waals surface area (Å²) in [4.78, 5) is 12.4. The van der Waals surface area contributed by atoms with Crippen molar-refractivity contribution in [2.45, 2.75) is 26.3 Å². The van der Waals surface area contributed by atoms with Crippen molar-refractivity contribution in [1.29, 1.82) is 0 Å². The Morgan fingerprint density at radius 3 is 2.55 bits per heavy atom. The molecule has 2 amide bonds. The van der Waals surface area contributed by atoms with Crippen molar-refractivity contribution in [2.75, 3.05) is 17.7 Å². The van der Waals surface area contributed by atoms with Gasteiger partial charge < -0.3 is 15.4 Å². The zero-order valence-corrected chi connectivity index (χ0v) is 17.9. The zero-order chi connectivity index (χ0) is 21.8. The quantitative estimate of drug-likeness (QED) is 0.501. The average molecular weight is 415 g/mol. The number of nitrogens with zero attached hydrogens (tertiary/aromatic N) is 1. The largest absolute Gasteiger partial charge is 0.497 e. The first-order chi connectivity index (χ1) is 15.0. The van der Waals surface area contributed by atoms with Gasteiger partial charge in [0, 0.05) is 23.4 Å². The van der Waals surface area contributed by atoms with E-state index in [1.165, 1.54) is 5.56 Å². The molecule has 31 heavy (non-hydrogen) atoms. The molecule has 1 heterocycles. The van der Waals surface area contributed by atoms with Crippen molar-refractivity contribution in [3.8, 4) is 5.75 Å². The molecule has 3 N–H and O–H groups in total. The Kier molecular flexibility index (Phi) is 5.89. The molecule has 1 aliphatic rings. The molecule has 0 aromatic heterocycles. The van der Waals surface area contributed by atoms with E-state index in [0.29, 0.717) is 6.42 Å². The molecule has 0 saturated heterocycles. The fourth-order valence-electron chi connectivity index (χ4n) is 3.64. The number of hydrogen-bond acceptors (Lipinski definition) is 4. The Morgan fingerprint density at radius 1 is 1.03 bits per heavy atom. The fraction of sp³-hybridized carbons (Fsp3) is 0.200. The first kappa shape index (κ1) is 20.5. The molecule has 0 bridgehead atoms. The van der Waals surface area contributed by atoms with Crippen LogP contribution in [0.2, 0.25) is 0 Å². The van der Waals surface area contributed by atoms with Gasteiger partial charge in [0.05, 0.1) is 18.9 Å². The van der Waals surface area contributed by atoms with Gasteiger partial charge in [-0.2, -0.15) is 5.10 Å². The minimum absolute atomic E-state index is 0.0455. The van der Waals surface area contributed by atoms with Gasteiger partial charge in [-0.1, -0.05) is 36.4 Å². The zero-order valence-electron chi connectivity index (χ0n) is 17.9. The van der Waals surface area contributed by atoms with E-state index in [2.05, 4.69) is 21.2 Å². The third-order valence-corrected chi connectivity index (χ3v) is 5.54. The van der Waals surface area contributed by atoms with Crippen LogP contribution in [0.3, 0.4) is 0 Å². The van der Waals surface area contributed by atoms with E-state index < -0.39 is 0 Å². The number of carbonyl (C=O) groups excluding carboxylic acids is 1. The highest BCUT2D eigenvalue weighted by Crippen LogP contribution is 2.33. The summed E-state index contributed by atoms with van der Waals surface area (Å²) >= 11 is 0. The number of para-hydroxylation sites is 1. The number of nitrogens with one attached hydrogen (secondary N) is 3. The van der Waals surface area contributed by atoms with E-state index in [4.69, 9.17) is 4.74 Å². The van der Waals surface area contributed by atoms with Crippen LogP contribution in [0.15, 0.2) is 71.8 Å². The summed E-state index contributed by atoms with van der Waals surface area (Å²) in [5, 5.41) is 10.9. The highest BCUT2D eigenvalue weighted by atomic mass is 16.5. The van der Waals surface area contributed by atoms with E-state index in [9.17, 15) is 4.79 Å². The summed E-state index contributed by atoms with van der Waals surface area (Å²) in [5.74, 6) is 0.818. The number of amides is 2. The number of hydrazone groups is 1. The molecule has 3 aromatic carbocycles. The van der Waals surface area contributed by atoms with Crippen molar-refractivity contribution in [2.24, 2.45) is 5.10 Å². The van der Waals surface area contributed by atoms with Gasteiger partial charge in [-0.15, -0.1) is 0 Å². The van der Waals surface area contributed by atoms with Crippen LogP contribution in [0.5, 0.6) is 5.75 Å². The normalized spacial score (nSPS) is 16.2. The predicted octanol–water partition coefficient (Wildman–Crippen LogP) is 5.39. The van der Waals surface area contributed by atoms with E-state index >= 15 is 0 Å².